The Morgan fingerprint density at radius 2 is 1.97 bits per heavy atom. The maximum Gasteiger partial charge on any atom is 0.283 e. The Bertz CT molecular complexity index is 1400. The van der Waals surface area contributed by atoms with Crippen LogP contribution in [0.1, 0.15) is 21.7 Å². The zero-order valence-corrected chi connectivity index (χ0v) is 16.9. The van der Waals surface area contributed by atoms with Gasteiger partial charge in [-0.2, -0.15) is 14.6 Å². The molecule has 2 N–H and O–H groups in total. The minimum absolute atomic E-state index is 0.244. The van der Waals surface area contributed by atoms with Gasteiger partial charge in [0.2, 0.25) is 4.96 Å². The highest BCUT2D eigenvalue weighted by atomic mass is 32.1. The van der Waals surface area contributed by atoms with Crippen molar-refractivity contribution >= 4 is 45.7 Å². The van der Waals surface area contributed by atoms with Crippen LogP contribution in [0, 0.1) is 6.92 Å². The molecule has 7 nitrogen and oxygen atoms in total. The maximum atomic E-state index is 12.6. The summed E-state index contributed by atoms with van der Waals surface area (Å²) in [6.45, 7) is 2.25. The molecule has 4 aromatic rings. The molecule has 8 heteroatoms. The standard InChI is InChI=1S/C22H17N5O2S/c1-13-6-2-5-9-18(13)29-12-19-26-27-20(23)16(21(28)25-22(27)30-19)10-14-11-24-17-8-4-3-7-15(14)17/h2-11H,12,23H2,1H3. The fraction of sp³-hybridized carbons (Fsp3) is 0.0909. The van der Waals surface area contributed by atoms with Crippen molar-refractivity contribution in [2.45, 2.75) is 13.5 Å². The number of allylic oxidation sites excluding steroid dienone is 1. The number of hydrogen-bond acceptors (Lipinski definition) is 7. The van der Waals surface area contributed by atoms with Gasteiger partial charge in [-0.15, -0.1) is 0 Å². The Morgan fingerprint density at radius 1 is 1.17 bits per heavy atom. The summed E-state index contributed by atoms with van der Waals surface area (Å²) in [6, 6.07) is 15.5. The quantitative estimate of drug-likeness (QED) is 0.546. The second-order valence-electron chi connectivity index (χ2n) is 6.84. The molecule has 0 unspecified atom stereocenters. The first kappa shape index (κ1) is 18.3. The van der Waals surface area contributed by atoms with E-state index < -0.39 is 5.56 Å². The fourth-order valence-corrected chi connectivity index (χ4v) is 4.09. The van der Waals surface area contributed by atoms with Crippen LogP contribution in [0.15, 0.2) is 58.3 Å². The molecule has 148 valence electrons. The Kier molecular flexibility index (Phi) is 4.40. The van der Waals surface area contributed by atoms with E-state index in [-0.39, 0.29) is 12.4 Å². The van der Waals surface area contributed by atoms with Crippen molar-refractivity contribution in [2.24, 2.45) is 4.99 Å². The van der Waals surface area contributed by atoms with Gasteiger partial charge in [0.1, 0.15) is 18.2 Å². The number of aliphatic imine (C=N–C) groups is 1. The van der Waals surface area contributed by atoms with Crippen LogP contribution in [0.25, 0.3) is 16.6 Å². The minimum Gasteiger partial charge on any atom is -0.486 e. The lowest BCUT2D eigenvalue weighted by atomic mass is 10.1. The van der Waals surface area contributed by atoms with E-state index in [9.17, 15) is 4.79 Å². The first-order valence-electron chi connectivity index (χ1n) is 9.32. The number of nitrogens with zero attached hydrogens (tertiary/aromatic N) is 4. The number of para-hydroxylation sites is 2. The molecule has 0 amide bonds. The summed E-state index contributed by atoms with van der Waals surface area (Å²) in [5, 5.41) is 5.17. The smallest absolute Gasteiger partial charge is 0.283 e. The van der Waals surface area contributed by atoms with Crippen LogP contribution in [0.4, 0.5) is 11.5 Å². The molecule has 3 heterocycles. The van der Waals surface area contributed by atoms with Crippen molar-refractivity contribution < 1.29 is 4.74 Å². The summed E-state index contributed by atoms with van der Waals surface area (Å²) < 4.78 is 7.35. The van der Waals surface area contributed by atoms with Gasteiger partial charge < -0.3 is 10.5 Å². The van der Waals surface area contributed by atoms with Gasteiger partial charge in [-0.3, -0.25) is 9.79 Å². The third-order valence-electron chi connectivity index (χ3n) is 4.84. The van der Waals surface area contributed by atoms with Gasteiger partial charge in [0.25, 0.3) is 5.56 Å². The number of rotatable bonds is 4. The highest BCUT2D eigenvalue weighted by Crippen LogP contribution is 2.32. The lowest BCUT2D eigenvalue weighted by Crippen LogP contribution is -2.16. The van der Waals surface area contributed by atoms with Gasteiger partial charge in [-0.1, -0.05) is 47.7 Å². The first-order valence-corrected chi connectivity index (χ1v) is 10.1. The second-order valence-corrected chi connectivity index (χ2v) is 7.88. The van der Waals surface area contributed by atoms with Gasteiger partial charge in [-0.25, -0.2) is 0 Å². The van der Waals surface area contributed by atoms with Crippen LogP contribution in [-0.4, -0.2) is 20.8 Å². The van der Waals surface area contributed by atoms with Crippen molar-refractivity contribution in [3.63, 3.8) is 0 Å². The average Bonchev–Trinajstić information content (AvgIpc) is 3.34. The van der Waals surface area contributed by atoms with Crippen molar-refractivity contribution in [3.8, 4) is 5.75 Å². The summed E-state index contributed by atoms with van der Waals surface area (Å²) in [4.78, 5) is 21.6. The van der Waals surface area contributed by atoms with Crippen LogP contribution >= 0.6 is 11.3 Å². The Balaban J connectivity index is 1.50. The Morgan fingerprint density at radius 3 is 2.83 bits per heavy atom. The number of nitrogens with two attached hydrogens (primary N) is 1. The van der Waals surface area contributed by atoms with Gasteiger partial charge in [-0.05, 0) is 30.7 Å². The molecule has 0 atom stereocenters. The van der Waals surface area contributed by atoms with Crippen LogP contribution in [0.2, 0.25) is 0 Å². The lowest BCUT2D eigenvalue weighted by molar-refractivity contribution is 0.302. The third kappa shape index (κ3) is 3.17. The molecule has 1 aliphatic heterocycles. The number of aromatic nitrogens is 3. The third-order valence-corrected chi connectivity index (χ3v) is 5.72. The molecule has 2 aromatic heterocycles. The number of anilines is 1. The minimum atomic E-state index is -0.396. The van der Waals surface area contributed by atoms with Crippen LogP contribution in [-0.2, 0) is 6.61 Å². The molecule has 0 spiro atoms. The van der Waals surface area contributed by atoms with Gasteiger partial charge in [0.05, 0.1) is 11.3 Å². The molecular weight excluding hydrogens is 398 g/mol. The van der Waals surface area contributed by atoms with Gasteiger partial charge in [0.15, 0.2) is 5.01 Å². The number of benzene rings is 2. The molecule has 0 aliphatic carbocycles. The normalized spacial score (nSPS) is 13.8. The first-order chi connectivity index (χ1) is 14.6. The van der Waals surface area contributed by atoms with Crippen LogP contribution in [0.3, 0.4) is 0 Å². The van der Waals surface area contributed by atoms with Crippen molar-refractivity contribution in [1.82, 2.24) is 14.6 Å². The summed E-state index contributed by atoms with van der Waals surface area (Å²) in [6.07, 6.45) is 3.44. The Hall–Kier alpha value is -3.78. The van der Waals surface area contributed by atoms with Crippen LogP contribution in [0.5, 0.6) is 5.75 Å². The SMILES string of the molecule is Cc1ccccc1OCc1nn2c(N)c(C=C3C=Nc4ccccc43)c(=O)nc2s1. The molecule has 0 radical (unpaired) electrons. The molecule has 1 aliphatic rings. The van der Waals surface area contributed by atoms with Crippen molar-refractivity contribution in [3.05, 3.63) is 80.6 Å². The molecular formula is C22H17N5O2S. The predicted molar refractivity (Wildman–Crippen MR) is 120 cm³/mol. The fourth-order valence-electron chi connectivity index (χ4n) is 3.28. The summed E-state index contributed by atoms with van der Waals surface area (Å²) in [5.74, 6) is 1.03. The topological polar surface area (TPSA) is 94.9 Å². The van der Waals surface area contributed by atoms with Gasteiger partial charge >= 0.3 is 0 Å². The molecule has 5 rings (SSSR count). The predicted octanol–water partition coefficient (Wildman–Crippen LogP) is 3.88. The van der Waals surface area contributed by atoms with E-state index in [0.717, 1.165) is 28.1 Å². The zero-order valence-electron chi connectivity index (χ0n) is 16.1. The van der Waals surface area contributed by atoms with Crippen molar-refractivity contribution in [1.29, 1.82) is 0 Å². The van der Waals surface area contributed by atoms with E-state index in [2.05, 4.69) is 15.1 Å². The van der Waals surface area contributed by atoms with Gasteiger partial charge in [0, 0.05) is 17.4 Å². The van der Waals surface area contributed by atoms with Crippen molar-refractivity contribution in [2.75, 3.05) is 5.73 Å². The monoisotopic (exact) mass is 415 g/mol. The molecule has 0 bridgehead atoms. The Labute approximate surface area is 175 Å². The van der Waals surface area contributed by atoms with E-state index in [1.165, 1.54) is 15.9 Å². The zero-order chi connectivity index (χ0) is 20.7. The molecule has 0 saturated heterocycles. The second kappa shape index (κ2) is 7.23. The average molecular weight is 415 g/mol. The highest BCUT2D eigenvalue weighted by Gasteiger charge is 2.17. The maximum absolute atomic E-state index is 12.6. The summed E-state index contributed by atoms with van der Waals surface area (Å²) in [7, 11) is 0. The van der Waals surface area contributed by atoms with E-state index in [0.29, 0.717) is 15.5 Å². The highest BCUT2D eigenvalue weighted by molar-refractivity contribution is 7.16. The molecule has 30 heavy (non-hydrogen) atoms. The number of nitrogen functional groups attached to an aromatic ring is 1. The summed E-state index contributed by atoms with van der Waals surface area (Å²) >= 11 is 1.28. The number of ether oxygens (including phenoxy) is 1. The molecule has 0 fully saturated rings. The van der Waals surface area contributed by atoms with E-state index in [1.807, 2.05) is 55.5 Å². The lowest BCUT2D eigenvalue weighted by Gasteiger charge is -2.06. The number of hydrogen-bond donors (Lipinski definition) is 1. The van der Waals surface area contributed by atoms with E-state index in [4.69, 9.17) is 10.5 Å². The molecule has 0 saturated carbocycles. The number of aryl methyl sites for hydroxylation is 1. The number of fused-ring (bicyclic) bond motifs is 2. The van der Waals surface area contributed by atoms with Crippen LogP contribution < -0.4 is 16.0 Å². The largest absolute Gasteiger partial charge is 0.486 e. The molecule has 2 aromatic carbocycles. The van der Waals surface area contributed by atoms with E-state index in [1.54, 1.807) is 12.3 Å². The summed E-state index contributed by atoms with van der Waals surface area (Å²) in [5.41, 5.74) is 9.87. The van der Waals surface area contributed by atoms with E-state index >= 15 is 0 Å².